The fraction of sp³-hybridized carbons (Fsp3) is 0. The van der Waals surface area contributed by atoms with Crippen LogP contribution in [-0.4, -0.2) is 15.2 Å². The number of aromatic nitrogens is 3. The normalized spacial score (nSPS) is 10.7. The third-order valence-corrected chi connectivity index (χ3v) is 4.73. The second-order valence-electron chi connectivity index (χ2n) is 6.71. The number of hydrogen-bond acceptors (Lipinski definition) is 5. The Labute approximate surface area is 174 Å². The molecule has 5 aromatic rings. The van der Waals surface area contributed by atoms with Gasteiger partial charge < -0.3 is 9.32 Å². The van der Waals surface area contributed by atoms with Gasteiger partial charge in [-0.2, -0.15) is 0 Å². The highest BCUT2D eigenvalue weighted by Gasteiger charge is 2.15. The molecule has 0 aliphatic heterocycles. The van der Waals surface area contributed by atoms with Gasteiger partial charge in [-0.15, -0.1) is 10.2 Å². The number of anilines is 3. The molecule has 0 aliphatic carbocycles. The summed E-state index contributed by atoms with van der Waals surface area (Å²) in [7, 11) is 0. The Hall–Kier alpha value is -4.25. The number of pyridine rings is 1. The third kappa shape index (κ3) is 3.56. The highest BCUT2D eigenvalue weighted by atomic mass is 16.4. The van der Waals surface area contributed by atoms with Crippen LogP contribution < -0.4 is 4.90 Å². The Balaban J connectivity index is 1.56. The number of nitrogens with zero attached hydrogens (tertiary/aromatic N) is 4. The van der Waals surface area contributed by atoms with Gasteiger partial charge in [0.25, 0.3) is 0 Å². The molecule has 30 heavy (non-hydrogen) atoms. The van der Waals surface area contributed by atoms with E-state index in [1.165, 1.54) is 0 Å². The van der Waals surface area contributed by atoms with Crippen molar-refractivity contribution in [2.45, 2.75) is 0 Å². The van der Waals surface area contributed by atoms with Crippen molar-refractivity contribution >= 4 is 17.1 Å². The zero-order valence-electron chi connectivity index (χ0n) is 16.1. The van der Waals surface area contributed by atoms with Crippen LogP contribution in [0.2, 0.25) is 0 Å². The predicted octanol–water partition coefficient (Wildman–Crippen LogP) is 6.27. The average molecular weight is 390 g/mol. The zero-order chi connectivity index (χ0) is 20.2. The maximum atomic E-state index is 5.93. The van der Waals surface area contributed by atoms with Gasteiger partial charge in [-0.3, -0.25) is 4.98 Å². The lowest BCUT2D eigenvalue weighted by Crippen LogP contribution is -2.09. The molecule has 5 heteroatoms. The maximum Gasteiger partial charge on any atom is 0.248 e. The minimum atomic E-state index is 0.473. The quantitative estimate of drug-likeness (QED) is 0.354. The molecule has 0 spiro atoms. The van der Waals surface area contributed by atoms with Crippen LogP contribution in [0.1, 0.15) is 0 Å². The number of hydrogen-bond donors (Lipinski definition) is 0. The van der Waals surface area contributed by atoms with Crippen molar-refractivity contribution in [1.29, 1.82) is 0 Å². The lowest BCUT2D eigenvalue weighted by molar-refractivity contribution is 0.584. The molecule has 3 aromatic carbocycles. The first kappa shape index (κ1) is 17.8. The predicted molar refractivity (Wildman–Crippen MR) is 118 cm³/mol. The van der Waals surface area contributed by atoms with Crippen molar-refractivity contribution in [3.8, 4) is 22.9 Å². The molecule has 0 unspecified atom stereocenters. The second kappa shape index (κ2) is 8.01. The topological polar surface area (TPSA) is 55.1 Å². The van der Waals surface area contributed by atoms with Gasteiger partial charge >= 0.3 is 0 Å². The van der Waals surface area contributed by atoms with E-state index in [2.05, 4.69) is 56.5 Å². The summed E-state index contributed by atoms with van der Waals surface area (Å²) in [5.74, 6) is 0.950. The van der Waals surface area contributed by atoms with Crippen LogP contribution in [0.5, 0.6) is 0 Å². The van der Waals surface area contributed by atoms with Gasteiger partial charge in [0.2, 0.25) is 11.8 Å². The Bertz CT molecular complexity index is 1200. The molecule has 0 aliphatic rings. The van der Waals surface area contributed by atoms with Crippen LogP contribution in [0, 0.1) is 0 Å². The molecule has 0 fully saturated rings. The van der Waals surface area contributed by atoms with Crippen LogP contribution in [0.3, 0.4) is 0 Å². The molecule has 0 atom stereocenters. The van der Waals surface area contributed by atoms with E-state index >= 15 is 0 Å². The molecule has 2 aromatic heterocycles. The average Bonchev–Trinajstić information content (AvgIpc) is 3.32. The van der Waals surface area contributed by atoms with E-state index in [1.54, 1.807) is 12.4 Å². The largest absolute Gasteiger partial charge is 0.416 e. The van der Waals surface area contributed by atoms with E-state index in [0.29, 0.717) is 11.8 Å². The highest BCUT2D eigenvalue weighted by Crippen LogP contribution is 2.36. The van der Waals surface area contributed by atoms with Crippen molar-refractivity contribution < 1.29 is 4.42 Å². The highest BCUT2D eigenvalue weighted by molar-refractivity contribution is 5.78. The standard InChI is InChI=1S/C25H18N4O/c1-3-9-21(10-4-1)29(22-11-5-2-6-12-22)23-13-7-8-20(18-23)25-28-27-24(30-25)19-14-16-26-17-15-19/h1-18H. The minimum Gasteiger partial charge on any atom is -0.416 e. The summed E-state index contributed by atoms with van der Waals surface area (Å²) in [5, 5.41) is 8.45. The molecular weight excluding hydrogens is 372 g/mol. The molecule has 0 N–H and O–H groups in total. The molecule has 0 saturated carbocycles. The van der Waals surface area contributed by atoms with Gasteiger partial charge in [-0.25, -0.2) is 0 Å². The maximum absolute atomic E-state index is 5.93. The summed E-state index contributed by atoms with van der Waals surface area (Å²) in [4.78, 5) is 6.23. The molecule has 5 rings (SSSR count). The van der Waals surface area contributed by atoms with Crippen LogP contribution in [0.15, 0.2) is 114 Å². The molecule has 144 valence electrons. The Kier molecular flexibility index (Phi) is 4.76. The minimum absolute atomic E-state index is 0.473. The van der Waals surface area contributed by atoms with E-state index in [0.717, 1.165) is 28.2 Å². The van der Waals surface area contributed by atoms with Crippen molar-refractivity contribution in [3.63, 3.8) is 0 Å². The number of para-hydroxylation sites is 2. The van der Waals surface area contributed by atoms with Crippen LogP contribution in [-0.2, 0) is 0 Å². The monoisotopic (exact) mass is 390 g/mol. The van der Waals surface area contributed by atoms with E-state index < -0.39 is 0 Å². The second-order valence-corrected chi connectivity index (χ2v) is 6.71. The Morgan fingerprint density at radius 3 is 1.73 bits per heavy atom. The van der Waals surface area contributed by atoms with Gasteiger partial charge in [0.1, 0.15) is 0 Å². The van der Waals surface area contributed by atoms with E-state index in [4.69, 9.17) is 4.42 Å². The lowest BCUT2D eigenvalue weighted by Gasteiger charge is -2.25. The molecule has 0 saturated heterocycles. The summed E-state index contributed by atoms with van der Waals surface area (Å²) in [5.41, 5.74) is 4.86. The third-order valence-electron chi connectivity index (χ3n) is 4.73. The van der Waals surface area contributed by atoms with Crippen molar-refractivity contribution in [3.05, 3.63) is 109 Å². The summed E-state index contributed by atoms with van der Waals surface area (Å²) in [6.07, 6.45) is 3.41. The zero-order valence-corrected chi connectivity index (χ0v) is 16.1. The fourth-order valence-corrected chi connectivity index (χ4v) is 3.33. The molecule has 5 nitrogen and oxygen atoms in total. The van der Waals surface area contributed by atoms with E-state index in [1.807, 2.05) is 60.7 Å². The lowest BCUT2D eigenvalue weighted by atomic mass is 10.1. The fourth-order valence-electron chi connectivity index (χ4n) is 3.33. The van der Waals surface area contributed by atoms with Gasteiger partial charge in [0, 0.05) is 40.6 Å². The molecule has 0 radical (unpaired) electrons. The van der Waals surface area contributed by atoms with Crippen molar-refractivity contribution in [2.24, 2.45) is 0 Å². The summed E-state index contributed by atoms with van der Waals surface area (Å²) in [6.45, 7) is 0. The van der Waals surface area contributed by atoms with Crippen molar-refractivity contribution in [2.75, 3.05) is 4.90 Å². The van der Waals surface area contributed by atoms with Crippen molar-refractivity contribution in [1.82, 2.24) is 15.2 Å². The molecular formula is C25H18N4O. The van der Waals surface area contributed by atoms with Crippen LogP contribution >= 0.6 is 0 Å². The van der Waals surface area contributed by atoms with E-state index in [9.17, 15) is 0 Å². The Morgan fingerprint density at radius 1 is 0.533 bits per heavy atom. The van der Waals surface area contributed by atoms with E-state index in [-0.39, 0.29) is 0 Å². The molecule has 0 bridgehead atoms. The first-order chi connectivity index (χ1) is 14.9. The molecule has 0 amide bonds. The van der Waals surface area contributed by atoms with Gasteiger partial charge in [-0.05, 0) is 54.6 Å². The SMILES string of the molecule is c1ccc(N(c2ccccc2)c2cccc(-c3nnc(-c4ccncc4)o3)c2)cc1. The smallest absolute Gasteiger partial charge is 0.248 e. The first-order valence-electron chi connectivity index (χ1n) is 9.63. The van der Waals surface area contributed by atoms with Crippen LogP contribution in [0.4, 0.5) is 17.1 Å². The van der Waals surface area contributed by atoms with Gasteiger partial charge in [0.05, 0.1) is 0 Å². The summed E-state index contributed by atoms with van der Waals surface area (Å²) >= 11 is 0. The van der Waals surface area contributed by atoms with Crippen LogP contribution in [0.25, 0.3) is 22.9 Å². The van der Waals surface area contributed by atoms with Gasteiger partial charge in [-0.1, -0.05) is 42.5 Å². The van der Waals surface area contributed by atoms with Gasteiger partial charge in [0.15, 0.2) is 0 Å². The molecule has 2 heterocycles. The first-order valence-corrected chi connectivity index (χ1v) is 9.63. The number of rotatable bonds is 5. The Morgan fingerprint density at radius 2 is 1.10 bits per heavy atom. The summed E-state index contributed by atoms with van der Waals surface area (Å²) < 4.78 is 5.93. The number of benzene rings is 3. The summed E-state index contributed by atoms with van der Waals surface area (Å²) in [6, 6.07) is 32.3.